The summed E-state index contributed by atoms with van der Waals surface area (Å²) < 4.78 is 4.96. The Morgan fingerprint density at radius 2 is 2.06 bits per heavy atom. The minimum atomic E-state index is 0.225. The number of nitrogen functional groups attached to an aromatic ring is 1. The number of nitrogens with one attached hydrogen (secondary N) is 2. The van der Waals surface area contributed by atoms with Crippen LogP contribution < -0.4 is 16.4 Å². The summed E-state index contributed by atoms with van der Waals surface area (Å²) in [5.41, 5.74) is 5.60. The molecule has 0 spiro atoms. The average molecular weight is 234 g/mol. The van der Waals surface area contributed by atoms with Crippen molar-refractivity contribution in [3.63, 3.8) is 0 Å². The van der Waals surface area contributed by atoms with Gasteiger partial charge in [-0.2, -0.15) is 9.97 Å². The molecule has 2 rings (SSSR count). The first kappa shape index (κ1) is 11.2. The molecule has 2 heterocycles. The second-order valence-corrected chi connectivity index (χ2v) is 3.36. The molecule has 90 valence electrons. The van der Waals surface area contributed by atoms with Crippen molar-refractivity contribution in [2.45, 2.75) is 13.5 Å². The third-order valence-corrected chi connectivity index (χ3v) is 2.04. The monoisotopic (exact) mass is 234 g/mol. The third-order valence-electron chi connectivity index (χ3n) is 2.04. The van der Waals surface area contributed by atoms with E-state index in [1.807, 2.05) is 6.92 Å². The Morgan fingerprint density at radius 1 is 1.29 bits per heavy atom. The van der Waals surface area contributed by atoms with E-state index >= 15 is 0 Å². The van der Waals surface area contributed by atoms with Gasteiger partial charge in [-0.15, -0.1) is 0 Å². The fourth-order valence-electron chi connectivity index (χ4n) is 1.34. The van der Waals surface area contributed by atoms with Crippen molar-refractivity contribution in [3.05, 3.63) is 24.1 Å². The summed E-state index contributed by atoms with van der Waals surface area (Å²) in [4.78, 5) is 8.12. The first-order valence-electron chi connectivity index (χ1n) is 5.30. The van der Waals surface area contributed by atoms with Crippen LogP contribution in [-0.2, 0) is 6.54 Å². The Hall–Kier alpha value is -2.31. The molecule has 0 aromatic carbocycles. The summed E-state index contributed by atoms with van der Waals surface area (Å²) in [5.74, 6) is 2.29. The lowest BCUT2D eigenvalue weighted by molar-refractivity contribution is 0.388. The van der Waals surface area contributed by atoms with E-state index in [1.54, 1.807) is 18.3 Å². The minimum Gasteiger partial charge on any atom is -0.370 e. The predicted molar refractivity (Wildman–Crippen MR) is 64.4 cm³/mol. The topological polar surface area (TPSA) is 102 Å². The predicted octanol–water partition coefficient (Wildman–Crippen LogP) is 1.09. The summed E-state index contributed by atoms with van der Waals surface area (Å²) in [6, 6.07) is 3.57. The number of aromatic nitrogens is 3. The van der Waals surface area contributed by atoms with Crippen LogP contribution in [0.4, 0.5) is 17.6 Å². The van der Waals surface area contributed by atoms with Crippen molar-refractivity contribution in [2.75, 3.05) is 22.9 Å². The zero-order chi connectivity index (χ0) is 12.1. The van der Waals surface area contributed by atoms with Crippen molar-refractivity contribution < 1.29 is 4.52 Å². The maximum atomic E-state index is 5.60. The van der Waals surface area contributed by atoms with E-state index in [-0.39, 0.29) is 5.95 Å². The fourth-order valence-corrected chi connectivity index (χ4v) is 1.34. The molecule has 0 bridgehead atoms. The number of hydrogen-bond acceptors (Lipinski definition) is 7. The maximum Gasteiger partial charge on any atom is 0.223 e. The third kappa shape index (κ3) is 3.07. The van der Waals surface area contributed by atoms with E-state index in [9.17, 15) is 0 Å². The summed E-state index contributed by atoms with van der Waals surface area (Å²) in [6.45, 7) is 3.26. The highest BCUT2D eigenvalue weighted by Gasteiger charge is 2.02. The molecule has 0 atom stereocenters. The van der Waals surface area contributed by atoms with Gasteiger partial charge >= 0.3 is 0 Å². The summed E-state index contributed by atoms with van der Waals surface area (Å²) in [6.07, 6.45) is 1.59. The van der Waals surface area contributed by atoms with Gasteiger partial charge in [-0.05, 0) is 6.92 Å². The molecule has 7 heteroatoms. The van der Waals surface area contributed by atoms with Gasteiger partial charge in [0.2, 0.25) is 5.95 Å². The van der Waals surface area contributed by atoms with Crippen molar-refractivity contribution in [1.29, 1.82) is 0 Å². The van der Waals surface area contributed by atoms with Crippen LogP contribution in [-0.4, -0.2) is 21.7 Å². The van der Waals surface area contributed by atoms with Crippen molar-refractivity contribution in [3.8, 4) is 0 Å². The molecule has 0 saturated heterocycles. The summed E-state index contributed by atoms with van der Waals surface area (Å²) in [7, 11) is 0. The number of nitrogens with zero attached hydrogens (tertiary/aromatic N) is 3. The standard InChI is InChI=1S/C10H14N6O/c1-2-12-8-5-9(16-10(11)15-8)13-6-7-3-4-14-17-7/h3-5H,2,6H2,1H3,(H4,11,12,13,15,16). The van der Waals surface area contributed by atoms with Crippen LogP contribution in [0.2, 0.25) is 0 Å². The van der Waals surface area contributed by atoms with E-state index in [0.717, 1.165) is 12.3 Å². The molecule has 0 aliphatic heterocycles. The van der Waals surface area contributed by atoms with Crippen LogP contribution >= 0.6 is 0 Å². The molecule has 0 radical (unpaired) electrons. The highest BCUT2D eigenvalue weighted by atomic mass is 16.5. The van der Waals surface area contributed by atoms with Gasteiger partial charge in [0.1, 0.15) is 11.6 Å². The normalized spacial score (nSPS) is 10.2. The molecule has 0 unspecified atom stereocenters. The quantitative estimate of drug-likeness (QED) is 0.711. The number of rotatable bonds is 5. The van der Waals surface area contributed by atoms with Crippen molar-refractivity contribution in [1.82, 2.24) is 15.1 Å². The highest BCUT2D eigenvalue weighted by Crippen LogP contribution is 2.13. The first-order chi connectivity index (χ1) is 8.28. The lowest BCUT2D eigenvalue weighted by Gasteiger charge is -2.07. The van der Waals surface area contributed by atoms with Crippen LogP contribution in [0.15, 0.2) is 22.9 Å². The molecule has 7 nitrogen and oxygen atoms in total. The van der Waals surface area contributed by atoms with Crippen molar-refractivity contribution >= 4 is 17.6 Å². The van der Waals surface area contributed by atoms with Gasteiger partial charge in [0.25, 0.3) is 0 Å². The first-order valence-corrected chi connectivity index (χ1v) is 5.30. The van der Waals surface area contributed by atoms with Crippen molar-refractivity contribution in [2.24, 2.45) is 0 Å². The van der Waals surface area contributed by atoms with Gasteiger partial charge in [0.15, 0.2) is 5.76 Å². The second-order valence-electron chi connectivity index (χ2n) is 3.36. The Balaban J connectivity index is 2.04. The number of anilines is 3. The molecule has 0 amide bonds. The van der Waals surface area contributed by atoms with Gasteiger partial charge in [0.05, 0.1) is 12.7 Å². The Bertz CT molecular complexity index is 470. The van der Waals surface area contributed by atoms with E-state index in [4.69, 9.17) is 10.3 Å². The molecule has 2 aromatic heterocycles. The maximum absolute atomic E-state index is 5.60. The van der Waals surface area contributed by atoms with Gasteiger partial charge in [-0.3, -0.25) is 0 Å². The van der Waals surface area contributed by atoms with Gasteiger partial charge < -0.3 is 20.9 Å². The van der Waals surface area contributed by atoms with Crippen LogP contribution in [0.1, 0.15) is 12.7 Å². The average Bonchev–Trinajstić information content (AvgIpc) is 2.79. The fraction of sp³-hybridized carbons (Fsp3) is 0.300. The molecular formula is C10H14N6O. The Kier molecular flexibility index (Phi) is 3.39. The lowest BCUT2D eigenvalue weighted by Crippen LogP contribution is -2.07. The zero-order valence-electron chi connectivity index (χ0n) is 9.47. The molecule has 0 saturated carbocycles. The van der Waals surface area contributed by atoms with E-state index in [1.165, 1.54) is 0 Å². The summed E-state index contributed by atoms with van der Waals surface area (Å²) >= 11 is 0. The summed E-state index contributed by atoms with van der Waals surface area (Å²) in [5, 5.41) is 9.77. The number of nitrogens with two attached hydrogens (primary N) is 1. The molecular weight excluding hydrogens is 220 g/mol. The number of hydrogen-bond donors (Lipinski definition) is 3. The lowest BCUT2D eigenvalue weighted by atomic mass is 10.4. The molecule has 0 aliphatic rings. The molecule has 17 heavy (non-hydrogen) atoms. The van der Waals surface area contributed by atoms with E-state index in [2.05, 4.69) is 25.8 Å². The Morgan fingerprint density at radius 3 is 2.71 bits per heavy atom. The van der Waals surface area contributed by atoms with Crippen LogP contribution in [0.25, 0.3) is 0 Å². The molecule has 4 N–H and O–H groups in total. The van der Waals surface area contributed by atoms with Crippen LogP contribution in [0.3, 0.4) is 0 Å². The van der Waals surface area contributed by atoms with E-state index < -0.39 is 0 Å². The second kappa shape index (κ2) is 5.15. The zero-order valence-corrected chi connectivity index (χ0v) is 9.47. The smallest absolute Gasteiger partial charge is 0.223 e. The van der Waals surface area contributed by atoms with Gasteiger partial charge in [-0.25, -0.2) is 0 Å². The molecule has 0 aliphatic carbocycles. The molecule has 2 aromatic rings. The van der Waals surface area contributed by atoms with Gasteiger partial charge in [0, 0.05) is 18.7 Å². The van der Waals surface area contributed by atoms with Gasteiger partial charge in [-0.1, -0.05) is 5.16 Å². The van der Waals surface area contributed by atoms with Crippen LogP contribution in [0.5, 0.6) is 0 Å². The SMILES string of the molecule is CCNc1cc(NCc2ccno2)nc(N)n1. The van der Waals surface area contributed by atoms with E-state index in [0.29, 0.717) is 18.2 Å². The minimum absolute atomic E-state index is 0.225. The largest absolute Gasteiger partial charge is 0.370 e. The van der Waals surface area contributed by atoms with Crippen LogP contribution in [0, 0.1) is 0 Å². The molecule has 0 fully saturated rings. The highest BCUT2D eigenvalue weighted by molar-refractivity contribution is 5.50. The Labute approximate surface area is 98.4 Å².